The quantitative estimate of drug-likeness (QED) is 0.363. The molecule has 0 radical (unpaired) electrons. The first-order valence-corrected chi connectivity index (χ1v) is 10.6. The molecular formula is C21H19N3O6S. The first kappa shape index (κ1) is 21.9. The predicted octanol–water partition coefficient (Wildman–Crippen LogP) is 2.86. The SMILES string of the molecule is O=C(NC[C@@H](O)c1ccc([N+](=O)[O-])cc1)c1cccc(NS(=O)(=O)c2ccccc2)c1. The minimum atomic E-state index is -3.80. The van der Waals surface area contributed by atoms with E-state index >= 15 is 0 Å². The maximum atomic E-state index is 12.4. The van der Waals surface area contributed by atoms with Crippen molar-refractivity contribution in [1.29, 1.82) is 0 Å². The molecule has 0 bridgehead atoms. The second kappa shape index (κ2) is 9.37. The van der Waals surface area contributed by atoms with E-state index in [9.17, 15) is 28.4 Å². The van der Waals surface area contributed by atoms with E-state index < -0.39 is 27.0 Å². The van der Waals surface area contributed by atoms with E-state index in [2.05, 4.69) is 10.0 Å². The number of aliphatic hydroxyl groups excluding tert-OH is 1. The van der Waals surface area contributed by atoms with Crippen LogP contribution < -0.4 is 10.0 Å². The van der Waals surface area contributed by atoms with Crippen molar-refractivity contribution in [2.75, 3.05) is 11.3 Å². The highest BCUT2D eigenvalue weighted by atomic mass is 32.2. The van der Waals surface area contributed by atoms with Gasteiger partial charge in [-0.05, 0) is 48.0 Å². The minimum Gasteiger partial charge on any atom is -0.387 e. The fraction of sp³-hybridized carbons (Fsp3) is 0.0952. The van der Waals surface area contributed by atoms with E-state index in [-0.39, 0.29) is 28.4 Å². The van der Waals surface area contributed by atoms with Crippen molar-refractivity contribution in [1.82, 2.24) is 5.32 Å². The molecule has 0 saturated heterocycles. The number of amides is 1. The highest BCUT2D eigenvalue weighted by molar-refractivity contribution is 7.92. The molecule has 0 aliphatic carbocycles. The monoisotopic (exact) mass is 441 g/mol. The molecule has 3 rings (SSSR count). The lowest BCUT2D eigenvalue weighted by molar-refractivity contribution is -0.384. The zero-order valence-electron chi connectivity index (χ0n) is 16.1. The molecule has 160 valence electrons. The van der Waals surface area contributed by atoms with Gasteiger partial charge in [0.25, 0.3) is 21.6 Å². The van der Waals surface area contributed by atoms with Crippen molar-refractivity contribution in [3.05, 3.63) is 100 Å². The third-order valence-corrected chi connectivity index (χ3v) is 5.77. The third-order valence-electron chi connectivity index (χ3n) is 4.38. The van der Waals surface area contributed by atoms with Gasteiger partial charge in [0, 0.05) is 29.9 Å². The molecule has 0 spiro atoms. The summed E-state index contributed by atoms with van der Waals surface area (Å²) in [5.41, 5.74) is 0.724. The van der Waals surface area contributed by atoms with Gasteiger partial charge in [-0.3, -0.25) is 19.6 Å². The molecule has 0 aliphatic heterocycles. The first-order valence-electron chi connectivity index (χ1n) is 9.15. The van der Waals surface area contributed by atoms with Gasteiger partial charge in [-0.15, -0.1) is 0 Å². The molecule has 1 amide bonds. The molecule has 1 atom stereocenters. The number of hydrogen-bond donors (Lipinski definition) is 3. The van der Waals surface area contributed by atoms with E-state index in [0.717, 1.165) is 0 Å². The molecule has 31 heavy (non-hydrogen) atoms. The Balaban J connectivity index is 1.64. The number of anilines is 1. The van der Waals surface area contributed by atoms with Crippen LogP contribution in [0.1, 0.15) is 22.0 Å². The summed E-state index contributed by atoms with van der Waals surface area (Å²) in [6.07, 6.45) is -1.07. The van der Waals surface area contributed by atoms with Gasteiger partial charge in [-0.2, -0.15) is 0 Å². The molecule has 3 N–H and O–H groups in total. The lowest BCUT2D eigenvalue weighted by atomic mass is 10.1. The van der Waals surface area contributed by atoms with Crippen LogP contribution in [0.5, 0.6) is 0 Å². The van der Waals surface area contributed by atoms with Gasteiger partial charge < -0.3 is 10.4 Å². The summed E-state index contributed by atoms with van der Waals surface area (Å²) in [6, 6.07) is 19.1. The van der Waals surface area contributed by atoms with Crippen LogP contribution in [-0.2, 0) is 10.0 Å². The van der Waals surface area contributed by atoms with Crippen LogP contribution in [0.3, 0.4) is 0 Å². The normalized spacial score (nSPS) is 12.0. The fourth-order valence-electron chi connectivity index (χ4n) is 2.77. The van der Waals surface area contributed by atoms with Gasteiger partial charge in [-0.1, -0.05) is 24.3 Å². The van der Waals surface area contributed by atoms with Gasteiger partial charge >= 0.3 is 0 Å². The van der Waals surface area contributed by atoms with E-state index in [0.29, 0.717) is 5.56 Å². The number of nitro groups is 1. The van der Waals surface area contributed by atoms with Crippen molar-refractivity contribution in [3.8, 4) is 0 Å². The molecule has 3 aromatic carbocycles. The van der Waals surface area contributed by atoms with Crippen LogP contribution >= 0.6 is 0 Å². The first-order chi connectivity index (χ1) is 14.8. The molecule has 3 aromatic rings. The van der Waals surface area contributed by atoms with E-state index in [1.165, 1.54) is 60.7 Å². The van der Waals surface area contributed by atoms with Crippen LogP contribution in [0.4, 0.5) is 11.4 Å². The van der Waals surface area contributed by atoms with Crippen LogP contribution in [0.15, 0.2) is 83.8 Å². The van der Waals surface area contributed by atoms with Crippen LogP contribution in [-0.4, -0.2) is 30.9 Å². The van der Waals surface area contributed by atoms with Gasteiger partial charge in [0.05, 0.1) is 15.9 Å². The maximum absolute atomic E-state index is 12.4. The summed E-state index contributed by atoms with van der Waals surface area (Å²) in [4.78, 5) is 22.7. The number of carbonyl (C=O) groups is 1. The maximum Gasteiger partial charge on any atom is 0.269 e. The lowest BCUT2D eigenvalue weighted by Gasteiger charge is -2.13. The molecule has 10 heteroatoms. The summed E-state index contributed by atoms with van der Waals surface area (Å²) in [5.74, 6) is -0.512. The van der Waals surface area contributed by atoms with Crippen LogP contribution in [0, 0.1) is 10.1 Å². The van der Waals surface area contributed by atoms with E-state index in [1.54, 1.807) is 18.2 Å². The number of nitro benzene ring substituents is 1. The average molecular weight is 441 g/mol. The van der Waals surface area contributed by atoms with E-state index in [4.69, 9.17) is 0 Å². The van der Waals surface area contributed by atoms with Gasteiger partial charge in [0.1, 0.15) is 0 Å². The molecule has 0 aromatic heterocycles. The molecule has 0 fully saturated rings. The van der Waals surface area contributed by atoms with Crippen molar-refractivity contribution in [2.45, 2.75) is 11.0 Å². The van der Waals surface area contributed by atoms with Gasteiger partial charge in [-0.25, -0.2) is 8.42 Å². The number of carbonyl (C=O) groups excluding carboxylic acids is 1. The number of nitrogens with one attached hydrogen (secondary N) is 2. The summed E-state index contributed by atoms with van der Waals surface area (Å²) in [6.45, 7) is -0.128. The third kappa shape index (κ3) is 5.65. The van der Waals surface area contributed by atoms with Crippen molar-refractivity contribution in [2.24, 2.45) is 0 Å². The van der Waals surface area contributed by atoms with Crippen LogP contribution in [0.25, 0.3) is 0 Å². The topological polar surface area (TPSA) is 139 Å². The Morgan fingerprint density at radius 2 is 1.68 bits per heavy atom. The zero-order chi connectivity index (χ0) is 22.4. The Bertz CT molecular complexity index is 1180. The van der Waals surface area contributed by atoms with Crippen molar-refractivity contribution in [3.63, 3.8) is 0 Å². The van der Waals surface area contributed by atoms with Gasteiger partial charge in [0.15, 0.2) is 0 Å². The standard InChI is InChI=1S/C21H19N3O6S/c25-20(15-9-11-18(12-10-15)24(27)28)14-22-21(26)16-5-4-6-17(13-16)23-31(29,30)19-7-2-1-3-8-19/h1-13,20,23,25H,14H2,(H,22,26)/t20-/m1/s1. The number of non-ortho nitro benzene ring substituents is 1. The molecule has 0 aliphatic rings. The summed E-state index contributed by atoms with van der Waals surface area (Å²) >= 11 is 0. The summed E-state index contributed by atoms with van der Waals surface area (Å²) in [5, 5.41) is 23.5. The second-order valence-electron chi connectivity index (χ2n) is 6.57. The Labute approximate surface area is 178 Å². The second-order valence-corrected chi connectivity index (χ2v) is 8.26. The number of benzene rings is 3. The van der Waals surface area contributed by atoms with E-state index in [1.807, 2.05) is 0 Å². The summed E-state index contributed by atoms with van der Waals surface area (Å²) < 4.78 is 27.3. The Kier molecular flexibility index (Phi) is 6.63. The Hall–Kier alpha value is -3.76. The Morgan fingerprint density at radius 3 is 2.32 bits per heavy atom. The van der Waals surface area contributed by atoms with Crippen LogP contribution in [0.2, 0.25) is 0 Å². The van der Waals surface area contributed by atoms with Crippen molar-refractivity contribution >= 4 is 27.3 Å². The number of sulfonamides is 1. The minimum absolute atomic E-state index is 0.0936. The Morgan fingerprint density at radius 1 is 1.00 bits per heavy atom. The fourth-order valence-corrected chi connectivity index (χ4v) is 3.84. The number of aliphatic hydroxyl groups is 1. The number of hydrogen-bond acceptors (Lipinski definition) is 6. The molecule has 0 saturated carbocycles. The average Bonchev–Trinajstić information content (AvgIpc) is 2.77. The zero-order valence-corrected chi connectivity index (χ0v) is 17.0. The number of nitrogens with zero attached hydrogens (tertiary/aromatic N) is 1. The van der Waals surface area contributed by atoms with Crippen molar-refractivity contribution < 1.29 is 23.2 Å². The van der Waals surface area contributed by atoms with Gasteiger partial charge in [0.2, 0.25) is 0 Å². The molecular weight excluding hydrogens is 422 g/mol. The molecule has 0 unspecified atom stereocenters. The predicted molar refractivity (Wildman–Crippen MR) is 114 cm³/mol. The molecule has 0 heterocycles. The highest BCUT2D eigenvalue weighted by Gasteiger charge is 2.16. The number of rotatable bonds is 8. The molecule has 9 nitrogen and oxygen atoms in total. The lowest BCUT2D eigenvalue weighted by Crippen LogP contribution is -2.28. The smallest absolute Gasteiger partial charge is 0.269 e. The highest BCUT2D eigenvalue weighted by Crippen LogP contribution is 2.19. The summed E-state index contributed by atoms with van der Waals surface area (Å²) in [7, 11) is -3.80. The largest absolute Gasteiger partial charge is 0.387 e.